The monoisotopic (exact) mass is 500 g/mol. The van der Waals surface area contributed by atoms with E-state index in [-0.39, 0.29) is 42.3 Å². The zero-order valence-electron chi connectivity index (χ0n) is 21.5. The number of carboxylic acid groups (broad SMARTS) is 1. The number of benzene rings is 2. The Hall–Kier alpha value is -3.00. The van der Waals surface area contributed by atoms with E-state index < -0.39 is 5.97 Å². The number of ether oxygens (including phenoxy) is 3. The number of nitrogens with zero attached hydrogens (tertiary/aromatic N) is 2. The van der Waals surface area contributed by atoms with Gasteiger partial charge in [0.15, 0.2) is 0 Å². The van der Waals surface area contributed by atoms with Crippen LogP contribution in [-0.2, 0) is 9.53 Å². The van der Waals surface area contributed by atoms with Crippen molar-refractivity contribution in [3.05, 3.63) is 48.3 Å². The Labute approximate surface area is 212 Å². The van der Waals surface area contributed by atoms with E-state index in [2.05, 4.69) is 16.7 Å². The number of hydrogen-bond donors (Lipinski definition) is 1. The number of methoxy groups -OCH3 is 1. The number of carboxylic acids is 1. The first kappa shape index (κ1) is 26.1. The molecule has 0 aromatic heterocycles. The van der Waals surface area contributed by atoms with Crippen LogP contribution in [0.3, 0.4) is 0 Å². The van der Waals surface area contributed by atoms with Crippen molar-refractivity contribution in [3.63, 3.8) is 0 Å². The van der Waals surface area contributed by atoms with E-state index in [1.54, 1.807) is 19.2 Å². The van der Waals surface area contributed by atoms with Crippen LogP contribution >= 0.6 is 0 Å². The Kier molecular flexibility index (Phi) is 8.24. The lowest BCUT2D eigenvalue weighted by Gasteiger charge is -2.38. The standard InChI is InChI=1S/C28H37FN2O5/c1-5-35-22-10-11-23(29)25(14-22)30-13-12-26(18(2)16-30)36-21-8-6-20(7-9-21)31-17-27(34-4)19(3)24(31)15-28(32)33/h6-11,14,18-19,24,26-27H,5,12-13,15-17H2,1-4H3,(H,32,33)/t18?,19-,24-,26?,27-/m0/s1. The average Bonchev–Trinajstić information content (AvgIpc) is 3.17. The molecule has 0 saturated carbocycles. The summed E-state index contributed by atoms with van der Waals surface area (Å²) < 4.78 is 32.0. The lowest BCUT2D eigenvalue weighted by molar-refractivity contribution is -0.137. The first-order valence-electron chi connectivity index (χ1n) is 12.8. The molecule has 7 nitrogen and oxygen atoms in total. The maximum absolute atomic E-state index is 14.5. The van der Waals surface area contributed by atoms with Gasteiger partial charge in [-0.05, 0) is 43.3 Å². The minimum atomic E-state index is -0.807. The summed E-state index contributed by atoms with van der Waals surface area (Å²) in [6.07, 6.45) is 0.870. The number of halogens is 1. The molecular weight excluding hydrogens is 463 g/mol. The fourth-order valence-electron chi connectivity index (χ4n) is 5.49. The van der Waals surface area contributed by atoms with Gasteiger partial charge in [-0.3, -0.25) is 4.79 Å². The largest absolute Gasteiger partial charge is 0.494 e. The average molecular weight is 501 g/mol. The summed E-state index contributed by atoms with van der Waals surface area (Å²) in [5, 5.41) is 9.39. The van der Waals surface area contributed by atoms with Gasteiger partial charge in [-0.2, -0.15) is 0 Å². The van der Waals surface area contributed by atoms with Crippen LogP contribution in [0.25, 0.3) is 0 Å². The summed E-state index contributed by atoms with van der Waals surface area (Å²) in [5.74, 6) is 0.725. The van der Waals surface area contributed by atoms with Crippen LogP contribution in [0, 0.1) is 17.7 Å². The zero-order valence-corrected chi connectivity index (χ0v) is 21.5. The third-order valence-corrected chi connectivity index (χ3v) is 7.51. The van der Waals surface area contributed by atoms with Gasteiger partial charge in [-0.1, -0.05) is 13.8 Å². The molecule has 196 valence electrons. The second-order valence-corrected chi connectivity index (χ2v) is 9.86. The van der Waals surface area contributed by atoms with Crippen molar-refractivity contribution >= 4 is 17.3 Å². The highest BCUT2D eigenvalue weighted by Crippen LogP contribution is 2.35. The lowest BCUT2D eigenvalue weighted by atomic mass is 9.95. The van der Waals surface area contributed by atoms with Gasteiger partial charge >= 0.3 is 5.97 Å². The minimum Gasteiger partial charge on any atom is -0.494 e. The van der Waals surface area contributed by atoms with E-state index in [0.717, 1.165) is 17.9 Å². The van der Waals surface area contributed by atoms with E-state index in [4.69, 9.17) is 14.2 Å². The maximum atomic E-state index is 14.5. The molecule has 8 heteroatoms. The van der Waals surface area contributed by atoms with Crippen LogP contribution in [0.15, 0.2) is 42.5 Å². The molecule has 5 atom stereocenters. The highest BCUT2D eigenvalue weighted by Gasteiger charge is 2.40. The highest BCUT2D eigenvalue weighted by atomic mass is 19.1. The van der Waals surface area contributed by atoms with Crippen LogP contribution in [0.4, 0.5) is 15.8 Å². The van der Waals surface area contributed by atoms with Gasteiger partial charge in [-0.15, -0.1) is 0 Å². The van der Waals surface area contributed by atoms with Crippen LogP contribution in [-0.4, -0.2) is 62.7 Å². The summed E-state index contributed by atoms with van der Waals surface area (Å²) in [6.45, 7) is 8.68. The van der Waals surface area contributed by atoms with Crippen molar-refractivity contribution in [2.45, 2.75) is 51.9 Å². The maximum Gasteiger partial charge on any atom is 0.305 e. The molecule has 2 unspecified atom stereocenters. The molecule has 2 fully saturated rings. The van der Waals surface area contributed by atoms with Crippen molar-refractivity contribution in [2.24, 2.45) is 11.8 Å². The molecule has 0 bridgehead atoms. The molecular formula is C28H37FN2O5. The molecule has 2 aliphatic rings. The zero-order chi connectivity index (χ0) is 25.8. The molecule has 2 aromatic rings. The summed E-state index contributed by atoms with van der Waals surface area (Å²) >= 11 is 0. The third kappa shape index (κ3) is 5.69. The molecule has 1 N–H and O–H groups in total. The summed E-state index contributed by atoms with van der Waals surface area (Å²) in [7, 11) is 1.68. The van der Waals surface area contributed by atoms with Gasteiger partial charge in [-0.25, -0.2) is 4.39 Å². The molecule has 0 amide bonds. The number of hydrogen-bond acceptors (Lipinski definition) is 6. The predicted octanol–water partition coefficient (Wildman–Crippen LogP) is 4.83. The van der Waals surface area contributed by atoms with E-state index in [1.165, 1.54) is 6.07 Å². The van der Waals surface area contributed by atoms with Crippen molar-refractivity contribution in [3.8, 4) is 11.5 Å². The number of rotatable bonds is 9. The Morgan fingerprint density at radius 3 is 2.44 bits per heavy atom. The molecule has 2 aromatic carbocycles. The van der Waals surface area contributed by atoms with E-state index in [0.29, 0.717) is 37.7 Å². The van der Waals surface area contributed by atoms with Gasteiger partial charge in [0, 0.05) is 62.8 Å². The van der Waals surface area contributed by atoms with E-state index >= 15 is 0 Å². The van der Waals surface area contributed by atoms with Crippen LogP contribution in [0.2, 0.25) is 0 Å². The normalized spacial score (nSPS) is 26.2. The third-order valence-electron chi connectivity index (χ3n) is 7.51. The number of piperidine rings is 1. The molecule has 0 spiro atoms. The topological polar surface area (TPSA) is 71.5 Å². The molecule has 2 aliphatic heterocycles. The highest BCUT2D eigenvalue weighted by molar-refractivity contribution is 5.69. The Morgan fingerprint density at radius 1 is 1.08 bits per heavy atom. The Balaban J connectivity index is 1.39. The van der Waals surface area contributed by atoms with Crippen molar-refractivity contribution in [1.29, 1.82) is 0 Å². The first-order chi connectivity index (χ1) is 17.3. The number of anilines is 2. The van der Waals surface area contributed by atoms with Crippen LogP contribution in [0.1, 0.15) is 33.6 Å². The summed E-state index contributed by atoms with van der Waals surface area (Å²) in [4.78, 5) is 15.6. The first-order valence-corrected chi connectivity index (χ1v) is 12.8. The van der Waals surface area contributed by atoms with Gasteiger partial charge in [0.1, 0.15) is 23.4 Å². The molecule has 2 saturated heterocycles. The molecule has 36 heavy (non-hydrogen) atoms. The number of carbonyl (C=O) groups is 1. The predicted molar refractivity (Wildman–Crippen MR) is 138 cm³/mol. The van der Waals surface area contributed by atoms with Gasteiger partial charge in [0.25, 0.3) is 0 Å². The fourth-order valence-corrected chi connectivity index (χ4v) is 5.49. The van der Waals surface area contributed by atoms with Gasteiger partial charge < -0.3 is 29.1 Å². The molecule has 0 aliphatic carbocycles. The fraction of sp³-hybridized carbons (Fsp3) is 0.536. The molecule has 4 rings (SSSR count). The summed E-state index contributed by atoms with van der Waals surface area (Å²) in [6, 6.07) is 12.7. The number of aliphatic carboxylic acids is 1. The van der Waals surface area contributed by atoms with Gasteiger partial charge in [0.2, 0.25) is 0 Å². The molecule has 0 radical (unpaired) electrons. The minimum absolute atomic E-state index is 0.00428. The Bertz CT molecular complexity index is 1030. The van der Waals surface area contributed by atoms with Crippen LogP contribution in [0.5, 0.6) is 11.5 Å². The second-order valence-electron chi connectivity index (χ2n) is 9.86. The SMILES string of the molecule is CCOc1ccc(F)c(N2CCC(Oc3ccc(N4C[C@H](OC)[C@@H](C)[C@@H]4CC(=O)O)cc3)C(C)C2)c1. The smallest absolute Gasteiger partial charge is 0.305 e. The lowest BCUT2D eigenvalue weighted by Crippen LogP contribution is -2.44. The summed E-state index contributed by atoms with van der Waals surface area (Å²) in [5.41, 5.74) is 1.54. The van der Waals surface area contributed by atoms with Crippen LogP contribution < -0.4 is 19.3 Å². The van der Waals surface area contributed by atoms with E-state index in [1.807, 2.05) is 38.1 Å². The van der Waals surface area contributed by atoms with Crippen molar-refractivity contribution < 1.29 is 28.5 Å². The van der Waals surface area contributed by atoms with Crippen molar-refractivity contribution in [1.82, 2.24) is 0 Å². The van der Waals surface area contributed by atoms with Gasteiger partial charge in [0.05, 0.1) is 24.8 Å². The second kappa shape index (κ2) is 11.4. The van der Waals surface area contributed by atoms with E-state index in [9.17, 15) is 14.3 Å². The van der Waals surface area contributed by atoms with Crippen molar-refractivity contribution in [2.75, 3.05) is 43.2 Å². The Morgan fingerprint density at radius 2 is 1.81 bits per heavy atom. The molecule has 2 heterocycles. The quantitative estimate of drug-likeness (QED) is 0.529.